The van der Waals surface area contributed by atoms with Crippen LogP contribution in [-0.2, 0) is 14.3 Å². The van der Waals surface area contributed by atoms with E-state index < -0.39 is 11.9 Å². The monoisotopic (exact) mass is 388 g/mol. The van der Waals surface area contributed by atoms with Gasteiger partial charge in [0.05, 0.1) is 14.2 Å². The molecule has 0 saturated heterocycles. The molecule has 0 fully saturated rings. The molecule has 0 aliphatic rings. The van der Waals surface area contributed by atoms with Crippen molar-refractivity contribution >= 4 is 24.1 Å². The van der Waals surface area contributed by atoms with Gasteiger partial charge < -0.3 is 14.2 Å². The summed E-state index contributed by atoms with van der Waals surface area (Å²) in [7, 11) is 2.66. The summed E-state index contributed by atoms with van der Waals surface area (Å²) >= 11 is 0. The highest BCUT2D eigenvalue weighted by Crippen LogP contribution is 2.22. The van der Waals surface area contributed by atoms with Crippen LogP contribution < -0.4 is 9.47 Å². The van der Waals surface area contributed by atoms with Gasteiger partial charge in [-0.2, -0.15) is 10.5 Å². The van der Waals surface area contributed by atoms with Crippen molar-refractivity contribution in [2.45, 2.75) is 0 Å². The van der Waals surface area contributed by atoms with E-state index in [-0.39, 0.29) is 16.9 Å². The van der Waals surface area contributed by atoms with Crippen molar-refractivity contribution in [3.05, 3.63) is 70.8 Å². The van der Waals surface area contributed by atoms with Crippen LogP contribution >= 0.6 is 0 Å². The first-order valence-corrected chi connectivity index (χ1v) is 8.29. The number of para-hydroxylation sites is 1. The maximum Gasteiger partial charge on any atom is 0.354 e. The zero-order valence-electron chi connectivity index (χ0n) is 15.7. The third kappa shape index (κ3) is 5.56. The van der Waals surface area contributed by atoms with E-state index in [1.54, 1.807) is 42.5 Å². The molecule has 0 aliphatic heterocycles. The number of hydrogen-bond donors (Lipinski definition) is 0. The molecule has 7 heteroatoms. The van der Waals surface area contributed by atoms with Crippen LogP contribution in [0.4, 0.5) is 0 Å². The van der Waals surface area contributed by atoms with Gasteiger partial charge in [0.1, 0.15) is 34.8 Å². The van der Waals surface area contributed by atoms with Crippen molar-refractivity contribution in [2.75, 3.05) is 14.2 Å². The number of carbonyl (C=O) groups is 2. The fraction of sp³-hybridized carbons (Fsp3) is 0.0909. The van der Waals surface area contributed by atoms with E-state index in [0.717, 1.165) is 0 Å². The zero-order valence-corrected chi connectivity index (χ0v) is 15.7. The van der Waals surface area contributed by atoms with Crippen molar-refractivity contribution in [2.24, 2.45) is 0 Å². The molecule has 2 aromatic carbocycles. The third-order valence-electron chi connectivity index (χ3n) is 3.68. The van der Waals surface area contributed by atoms with Gasteiger partial charge in [0.15, 0.2) is 0 Å². The normalized spacial score (nSPS) is 11.0. The molecule has 0 saturated carbocycles. The molecule has 0 aromatic heterocycles. The molecule has 2 rings (SSSR count). The summed E-state index contributed by atoms with van der Waals surface area (Å²) in [5, 5.41) is 18.4. The lowest BCUT2D eigenvalue weighted by molar-refractivity contribution is -0.135. The van der Waals surface area contributed by atoms with Crippen LogP contribution in [0.3, 0.4) is 0 Å². The Morgan fingerprint density at radius 2 is 1.59 bits per heavy atom. The van der Waals surface area contributed by atoms with Gasteiger partial charge in [-0.3, -0.25) is 0 Å². The van der Waals surface area contributed by atoms with Gasteiger partial charge in [-0.05, 0) is 35.9 Å². The summed E-state index contributed by atoms with van der Waals surface area (Å²) in [6.45, 7) is 0. The number of hydrogen-bond acceptors (Lipinski definition) is 7. The predicted molar refractivity (Wildman–Crippen MR) is 104 cm³/mol. The maximum absolute atomic E-state index is 12.4. The van der Waals surface area contributed by atoms with Gasteiger partial charge >= 0.3 is 11.9 Å². The first-order valence-electron chi connectivity index (χ1n) is 8.29. The molecular weight excluding hydrogens is 372 g/mol. The Balaban J connectivity index is 2.27. The number of esters is 2. The Hall–Kier alpha value is -4.36. The van der Waals surface area contributed by atoms with Gasteiger partial charge in [0.2, 0.25) is 0 Å². The molecule has 0 unspecified atom stereocenters. The van der Waals surface area contributed by atoms with Gasteiger partial charge in [-0.1, -0.05) is 30.3 Å². The van der Waals surface area contributed by atoms with Gasteiger partial charge in [0.25, 0.3) is 0 Å². The average Bonchev–Trinajstić information content (AvgIpc) is 2.75. The van der Waals surface area contributed by atoms with E-state index in [4.69, 9.17) is 14.7 Å². The molecule has 0 spiro atoms. The minimum Gasteiger partial charge on any atom is -0.496 e. The first kappa shape index (κ1) is 20.9. The largest absolute Gasteiger partial charge is 0.496 e. The van der Waals surface area contributed by atoms with Crippen LogP contribution in [0.15, 0.2) is 59.7 Å². The number of methoxy groups -OCH3 is 2. The molecule has 0 N–H and O–H groups in total. The maximum atomic E-state index is 12.4. The SMILES string of the molecule is COC(=O)/C(C#N)=C/c1cccc(OC(=O)/C(C#N)=C/c2ccccc2OC)c1. The average molecular weight is 388 g/mol. The van der Waals surface area contributed by atoms with Crippen molar-refractivity contribution in [3.8, 4) is 23.6 Å². The van der Waals surface area contributed by atoms with Crippen LogP contribution in [0, 0.1) is 22.7 Å². The zero-order chi connectivity index (χ0) is 21.2. The quantitative estimate of drug-likeness (QED) is 0.323. The Kier molecular flexibility index (Phi) is 7.29. The summed E-state index contributed by atoms with van der Waals surface area (Å²) in [6.07, 6.45) is 2.68. The van der Waals surface area contributed by atoms with E-state index in [2.05, 4.69) is 4.74 Å². The number of ether oxygens (including phenoxy) is 3. The number of rotatable bonds is 6. The van der Waals surface area contributed by atoms with Crippen LogP contribution in [0.2, 0.25) is 0 Å². The highest BCUT2D eigenvalue weighted by atomic mass is 16.5. The summed E-state index contributed by atoms with van der Waals surface area (Å²) in [4.78, 5) is 23.9. The second kappa shape index (κ2) is 10.1. The van der Waals surface area contributed by atoms with E-state index in [1.165, 1.54) is 38.5 Å². The summed E-state index contributed by atoms with van der Waals surface area (Å²) in [5.74, 6) is -0.978. The molecule has 2 aromatic rings. The van der Waals surface area contributed by atoms with E-state index >= 15 is 0 Å². The van der Waals surface area contributed by atoms with Crippen LogP contribution in [-0.4, -0.2) is 26.2 Å². The molecule has 0 amide bonds. The highest BCUT2D eigenvalue weighted by molar-refractivity contribution is 6.00. The predicted octanol–water partition coefficient (Wildman–Crippen LogP) is 3.29. The molecule has 0 aliphatic carbocycles. The summed E-state index contributed by atoms with van der Waals surface area (Å²) in [6, 6.07) is 16.6. The van der Waals surface area contributed by atoms with Gasteiger partial charge in [-0.25, -0.2) is 9.59 Å². The molecule has 0 radical (unpaired) electrons. The minimum absolute atomic E-state index is 0.145. The lowest BCUT2D eigenvalue weighted by Gasteiger charge is -2.06. The fourth-order valence-corrected chi connectivity index (χ4v) is 2.32. The highest BCUT2D eigenvalue weighted by Gasteiger charge is 2.14. The van der Waals surface area contributed by atoms with Gasteiger partial charge in [0, 0.05) is 5.56 Å². The lowest BCUT2D eigenvalue weighted by Crippen LogP contribution is -2.10. The lowest BCUT2D eigenvalue weighted by atomic mass is 10.1. The Morgan fingerprint density at radius 3 is 2.24 bits per heavy atom. The topological polar surface area (TPSA) is 109 Å². The van der Waals surface area contributed by atoms with Crippen LogP contribution in [0.25, 0.3) is 12.2 Å². The molecule has 0 atom stereocenters. The smallest absolute Gasteiger partial charge is 0.354 e. The molecule has 144 valence electrons. The van der Waals surface area contributed by atoms with Crippen molar-refractivity contribution < 1.29 is 23.8 Å². The Bertz CT molecular complexity index is 1070. The van der Waals surface area contributed by atoms with Gasteiger partial charge in [-0.15, -0.1) is 0 Å². The Morgan fingerprint density at radius 1 is 0.897 bits per heavy atom. The molecule has 7 nitrogen and oxygen atoms in total. The molecule has 29 heavy (non-hydrogen) atoms. The number of benzene rings is 2. The number of carbonyl (C=O) groups excluding carboxylic acids is 2. The molecule has 0 bridgehead atoms. The number of nitriles is 2. The van der Waals surface area contributed by atoms with Crippen molar-refractivity contribution in [3.63, 3.8) is 0 Å². The van der Waals surface area contributed by atoms with Crippen molar-refractivity contribution in [1.82, 2.24) is 0 Å². The minimum atomic E-state index is -0.854. The van der Waals surface area contributed by atoms with E-state index in [1.807, 2.05) is 6.07 Å². The van der Waals surface area contributed by atoms with E-state index in [0.29, 0.717) is 16.9 Å². The van der Waals surface area contributed by atoms with Crippen LogP contribution in [0.1, 0.15) is 11.1 Å². The summed E-state index contributed by atoms with van der Waals surface area (Å²) in [5.41, 5.74) is 0.578. The number of nitrogens with zero attached hydrogens (tertiary/aromatic N) is 2. The van der Waals surface area contributed by atoms with Crippen LogP contribution in [0.5, 0.6) is 11.5 Å². The fourth-order valence-electron chi connectivity index (χ4n) is 2.32. The molecular formula is C22H16N2O5. The first-order chi connectivity index (χ1) is 14.0. The second-order valence-corrected chi connectivity index (χ2v) is 5.54. The molecule has 0 heterocycles. The summed E-state index contributed by atoms with van der Waals surface area (Å²) < 4.78 is 15.0. The Labute approximate surface area is 167 Å². The van der Waals surface area contributed by atoms with E-state index in [9.17, 15) is 14.9 Å². The second-order valence-electron chi connectivity index (χ2n) is 5.54. The van der Waals surface area contributed by atoms with Crippen molar-refractivity contribution in [1.29, 1.82) is 10.5 Å². The standard InChI is InChI=1S/C22H16N2O5/c1-27-20-9-4-3-7-16(20)12-18(14-24)22(26)29-19-8-5-6-15(11-19)10-17(13-23)21(25)28-2/h3-12H,1-2H3/b17-10+,18-12+. The third-order valence-corrected chi connectivity index (χ3v) is 3.68.